The van der Waals surface area contributed by atoms with Gasteiger partial charge in [0.1, 0.15) is 0 Å². The molecule has 2 aliphatic rings. The molecule has 0 aliphatic carbocycles. The molecule has 0 saturated carbocycles. The van der Waals surface area contributed by atoms with Gasteiger partial charge < -0.3 is 24.2 Å². The molecule has 30 heavy (non-hydrogen) atoms. The maximum Gasteiger partial charge on any atom is 0.260 e. The van der Waals surface area contributed by atoms with E-state index in [0.29, 0.717) is 50.8 Å². The largest absolute Gasteiger partial charge is 0.490 e. The fourth-order valence-corrected chi connectivity index (χ4v) is 3.91. The lowest BCUT2D eigenvalue weighted by Crippen LogP contribution is -2.53. The number of piperazine rings is 1. The van der Waals surface area contributed by atoms with E-state index in [4.69, 9.17) is 9.47 Å². The number of benzene rings is 1. The van der Waals surface area contributed by atoms with Gasteiger partial charge in [-0.05, 0) is 32.9 Å². The summed E-state index contributed by atoms with van der Waals surface area (Å²) in [4.78, 5) is 42.7. The highest BCUT2D eigenvalue weighted by molar-refractivity contribution is 5.89. The minimum absolute atomic E-state index is 0.0143. The van der Waals surface area contributed by atoms with E-state index in [1.807, 2.05) is 39.0 Å². The van der Waals surface area contributed by atoms with Crippen LogP contribution in [0, 0.1) is 5.92 Å². The fraction of sp³-hybridized carbons (Fsp3) is 0.591. The van der Waals surface area contributed by atoms with Crippen molar-refractivity contribution in [2.75, 3.05) is 45.9 Å². The first-order valence-corrected chi connectivity index (χ1v) is 10.6. The van der Waals surface area contributed by atoms with Crippen LogP contribution in [0.15, 0.2) is 24.3 Å². The van der Waals surface area contributed by atoms with Crippen LogP contribution in [0.2, 0.25) is 0 Å². The summed E-state index contributed by atoms with van der Waals surface area (Å²) in [6, 6.07) is 7.38. The number of carbonyl (C=O) groups excluding carboxylic acids is 3. The topological polar surface area (TPSA) is 79.4 Å². The highest BCUT2D eigenvalue weighted by Crippen LogP contribution is 2.26. The van der Waals surface area contributed by atoms with E-state index in [0.717, 1.165) is 0 Å². The zero-order valence-electron chi connectivity index (χ0n) is 18.0. The summed E-state index contributed by atoms with van der Waals surface area (Å²) in [7, 11) is 0. The second-order valence-electron chi connectivity index (χ2n) is 7.92. The number of hydrogen-bond acceptors (Lipinski definition) is 5. The number of hydrogen-bond donors (Lipinski definition) is 0. The first kappa shape index (κ1) is 21.9. The van der Waals surface area contributed by atoms with Crippen molar-refractivity contribution in [2.45, 2.75) is 33.2 Å². The van der Waals surface area contributed by atoms with Crippen LogP contribution in [0.1, 0.15) is 27.2 Å². The van der Waals surface area contributed by atoms with Gasteiger partial charge in [0.15, 0.2) is 18.1 Å². The number of carbonyl (C=O) groups is 3. The SMILES string of the molecule is CCOc1ccccc1OCC(=O)N1CCN(C(=O)C2CC(=O)N(C(C)C)C2)CC1. The van der Waals surface area contributed by atoms with E-state index in [9.17, 15) is 14.4 Å². The predicted octanol–water partition coefficient (Wildman–Crippen LogP) is 1.39. The Hall–Kier alpha value is -2.77. The molecule has 1 atom stereocenters. The molecule has 0 radical (unpaired) electrons. The third kappa shape index (κ3) is 5.04. The molecule has 0 bridgehead atoms. The molecular weight excluding hydrogens is 386 g/mol. The van der Waals surface area contributed by atoms with Gasteiger partial charge in [0.2, 0.25) is 11.8 Å². The van der Waals surface area contributed by atoms with E-state index >= 15 is 0 Å². The third-order valence-corrected chi connectivity index (χ3v) is 5.58. The van der Waals surface area contributed by atoms with Crippen molar-refractivity contribution in [3.05, 3.63) is 24.3 Å². The van der Waals surface area contributed by atoms with Gasteiger partial charge in [0, 0.05) is 45.2 Å². The summed E-state index contributed by atoms with van der Waals surface area (Å²) in [5.74, 6) is 0.824. The number of para-hydroxylation sites is 2. The zero-order valence-corrected chi connectivity index (χ0v) is 18.0. The fourth-order valence-electron chi connectivity index (χ4n) is 3.91. The zero-order chi connectivity index (χ0) is 21.7. The Morgan fingerprint density at radius 3 is 2.20 bits per heavy atom. The molecule has 2 aliphatic heterocycles. The van der Waals surface area contributed by atoms with Crippen LogP contribution in [0.3, 0.4) is 0 Å². The van der Waals surface area contributed by atoms with E-state index in [1.54, 1.807) is 20.8 Å². The average molecular weight is 418 g/mol. The van der Waals surface area contributed by atoms with Gasteiger partial charge in [-0.15, -0.1) is 0 Å². The molecule has 8 heteroatoms. The highest BCUT2D eigenvalue weighted by atomic mass is 16.5. The molecule has 8 nitrogen and oxygen atoms in total. The minimum atomic E-state index is -0.277. The molecule has 1 unspecified atom stereocenters. The normalized spacial score (nSPS) is 19.4. The predicted molar refractivity (Wildman–Crippen MR) is 111 cm³/mol. The van der Waals surface area contributed by atoms with E-state index in [2.05, 4.69) is 0 Å². The van der Waals surface area contributed by atoms with E-state index in [-0.39, 0.29) is 42.7 Å². The van der Waals surface area contributed by atoms with Crippen molar-refractivity contribution >= 4 is 17.7 Å². The lowest BCUT2D eigenvalue weighted by atomic mass is 10.1. The summed E-state index contributed by atoms with van der Waals surface area (Å²) >= 11 is 0. The molecule has 164 valence electrons. The molecule has 1 aromatic rings. The molecule has 3 rings (SSSR count). The van der Waals surface area contributed by atoms with Gasteiger partial charge in [-0.25, -0.2) is 0 Å². The summed E-state index contributed by atoms with van der Waals surface area (Å²) in [5, 5.41) is 0. The molecule has 0 N–H and O–H groups in total. The maximum absolute atomic E-state index is 12.8. The van der Waals surface area contributed by atoms with E-state index in [1.165, 1.54) is 0 Å². The van der Waals surface area contributed by atoms with Crippen LogP contribution < -0.4 is 9.47 Å². The molecule has 2 fully saturated rings. The van der Waals surface area contributed by atoms with E-state index < -0.39 is 0 Å². The Morgan fingerprint density at radius 2 is 1.63 bits per heavy atom. The Bertz CT molecular complexity index is 774. The molecule has 0 spiro atoms. The molecule has 2 saturated heterocycles. The summed E-state index contributed by atoms with van der Waals surface area (Å²) in [6.07, 6.45) is 0.281. The van der Waals surface area contributed by atoms with Gasteiger partial charge in [-0.3, -0.25) is 14.4 Å². The van der Waals surface area contributed by atoms with Crippen molar-refractivity contribution < 1.29 is 23.9 Å². The Balaban J connectivity index is 1.47. The Labute approximate surface area is 177 Å². The summed E-state index contributed by atoms with van der Waals surface area (Å²) in [5.41, 5.74) is 0. The van der Waals surface area contributed by atoms with Crippen LogP contribution in [-0.2, 0) is 14.4 Å². The first-order valence-electron chi connectivity index (χ1n) is 10.6. The third-order valence-electron chi connectivity index (χ3n) is 5.58. The van der Waals surface area contributed by atoms with Crippen LogP contribution >= 0.6 is 0 Å². The molecule has 0 aromatic heterocycles. The Kier molecular flexibility index (Phi) is 7.18. The van der Waals surface area contributed by atoms with Crippen molar-refractivity contribution in [1.82, 2.24) is 14.7 Å². The number of nitrogens with zero attached hydrogens (tertiary/aromatic N) is 3. The summed E-state index contributed by atoms with van der Waals surface area (Å²) in [6.45, 7) is 8.65. The van der Waals surface area contributed by atoms with Gasteiger partial charge in [-0.1, -0.05) is 12.1 Å². The van der Waals surface area contributed by atoms with Crippen LogP contribution in [0.5, 0.6) is 11.5 Å². The minimum Gasteiger partial charge on any atom is -0.490 e. The number of ether oxygens (including phenoxy) is 2. The van der Waals surface area contributed by atoms with Crippen LogP contribution in [0.25, 0.3) is 0 Å². The standard InChI is InChI=1S/C22H31N3O5/c1-4-29-18-7-5-6-8-19(18)30-15-21(27)23-9-11-24(12-10-23)22(28)17-13-20(26)25(14-17)16(2)3/h5-8,16-17H,4,9-15H2,1-3H3. The maximum atomic E-state index is 12.8. The quantitative estimate of drug-likeness (QED) is 0.670. The lowest BCUT2D eigenvalue weighted by molar-refractivity contribution is -0.142. The molecule has 2 heterocycles. The second kappa shape index (κ2) is 9.82. The monoisotopic (exact) mass is 417 g/mol. The van der Waals surface area contributed by atoms with Crippen molar-refractivity contribution in [3.63, 3.8) is 0 Å². The van der Waals surface area contributed by atoms with Crippen LogP contribution in [-0.4, -0.2) is 84.4 Å². The van der Waals surface area contributed by atoms with Gasteiger partial charge in [0.05, 0.1) is 12.5 Å². The van der Waals surface area contributed by atoms with Gasteiger partial charge >= 0.3 is 0 Å². The number of amides is 3. The number of likely N-dealkylation sites (tertiary alicyclic amines) is 1. The molecule has 1 aromatic carbocycles. The highest BCUT2D eigenvalue weighted by Gasteiger charge is 2.38. The van der Waals surface area contributed by atoms with Crippen molar-refractivity contribution in [3.8, 4) is 11.5 Å². The lowest BCUT2D eigenvalue weighted by Gasteiger charge is -2.36. The van der Waals surface area contributed by atoms with Crippen molar-refractivity contribution in [2.24, 2.45) is 5.92 Å². The second-order valence-corrected chi connectivity index (χ2v) is 7.92. The summed E-state index contributed by atoms with van der Waals surface area (Å²) < 4.78 is 11.2. The van der Waals surface area contributed by atoms with Gasteiger partial charge in [-0.2, -0.15) is 0 Å². The van der Waals surface area contributed by atoms with Crippen LogP contribution in [0.4, 0.5) is 0 Å². The average Bonchev–Trinajstić information content (AvgIpc) is 3.14. The van der Waals surface area contributed by atoms with Gasteiger partial charge in [0.25, 0.3) is 5.91 Å². The smallest absolute Gasteiger partial charge is 0.260 e. The molecule has 3 amide bonds. The first-order chi connectivity index (χ1) is 14.4. The molecular formula is C22H31N3O5. The Morgan fingerprint density at radius 1 is 1.03 bits per heavy atom. The number of rotatable bonds is 7. The van der Waals surface area contributed by atoms with Crippen molar-refractivity contribution in [1.29, 1.82) is 0 Å².